The van der Waals surface area contributed by atoms with Gasteiger partial charge >= 0.3 is 5.97 Å². The largest absolute Gasteiger partial charge is 0.504 e. The first kappa shape index (κ1) is 37.4. The lowest BCUT2D eigenvalue weighted by molar-refractivity contribution is -0.282. The van der Waals surface area contributed by atoms with Crippen molar-refractivity contribution in [1.29, 1.82) is 0 Å². The molecule has 270 valence electrons. The van der Waals surface area contributed by atoms with Gasteiger partial charge < -0.3 is 84.6 Å². The molecule has 0 aliphatic carbocycles. The van der Waals surface area contributed by atoms with Crippen molar-refractivity contribution in [2.45, 2.75) is 68.3 Å². The molecule has 10 atom stereocenters. The molecule has 0 radical (unpaired) electrons. The number of ether oxygens (including phenoxy) is 6. The van der Waals surface area contributed by atoms with E-state index in [2.05, 4.69) is 0 Å². The van der Waals surface area contributed by atoms with Gasteiger partial charge in [0.15, 0.2) is 34.9 Å². The molecule has 19 heteroatoms. The van der Waals surface area contributed by atoms with Crippen LogP contribution in [0.2, 0.25) is 0 Å². The van der Waals surface area contributed by atoms with Gasteiger partial charge in [0.2, 0.25) is 29.8 Å². The molecule has 2 saturated heterocycles. The fraction of sp³-hybridized carbons (Fsp3) is 0.467. The van der Waals surface area contributed by atoms with Gasteiger partial charge in [-0.15, -0.1) is 0 Å². The number of methoxy groups -OCH3 is 1. The molecule has 0 aromatic heterocycles. The third kappa shape index (κ3) is 7.59. The number of ketones is 1. The zero-order valence-corrected chi connectivity index (χ0v) is 25.8. The van der Waals surface area contributed by atoms with Gasteiger partial charge in [-0.2, -0.15) is 0 Å². The molecule has 2 aromatic carbocycles. The summed E-state index contributed by atoms with van der Waals surface area (Å²) in [5.74, 6) is -8.19. The highest BCUT2D eigenvalue weighted by Crippen LogP contribution is 2.53. The number of aliphatic hydroxyl groups is 7. The van der Waals surface area contributed by atoms with E-state index in [-0.39, 0.29) is 11.5 Å². The number of aliphatic hydroxyl groups excluding tert-OH is 7. The summed E-state index contributed by atoms with van der Waals surface area (Å²) in [6.07, 6.45) is -16.7. The summed E-state index contributed by atoms with van der Waals surface area (Å²) in [5, 5.41) is 114. The molecule has 2 aliphatic rings. The Morgan fingerprint density at radius 1 is 0.776 bits per heavy atom. The highest BCUT2D eigenvalue weighted by Gasteiger charge is 2.49. The third-order valence-electron chi connectivity index (χ3n) is 7.69. The number of esters is 1. The van der Waals surface area contributed by atoms with Crippen molar-refractivity contribution in [1.82, 2.24) is 0 Å². The number of hydrogen-bond donors (Lipinski definition) is 11. The van der Waals surface area contributed by atoms with Crippen LogP contribution in [0.25, 0.3) is 6.08 Å². The predicted octanol–water partition coefficient (Wildman–Crippen LogP) is -2.66. The van der Waals surface area contributed by atoms with Crippen LogP contribution in [-0.2, 0) is 19.0 Å². The maximum Gasteiger partial charge on any atom is 0.331 e. The van der Waals surface area contributed by atoms with Gasteiger partial charge in [-0.05, 0) is 30.7 Å². The van der Waals surface area contributed by atoms with Gasteiger partial charge in [-0.25, -0.2) is 4.79 Å². The number of phenols is 4. The highest BCUT2D eigenvalue weighted by molar-refractivity contribution is 6.02. The number of aromatic hydroxyl groups is 4. The number of Topliss-reactive ketones (excluding diaryl/α,β-unsaturated/α-hetero) is 1. The summed E-state index contributed by atoms with van der Waals surface area (Å²) >= 11 is 0. The summed E-state index contributed by atoms with van der Waals surface area (Å²) in [6.45, 7) is -0.908. The number of benzene rings is 2. The molecule has 19 nitrogen and oxygen atoms in total. The van der Waals surface area contributed by atoms with Crippen LogP contribution < -0.4 is 14.2 Å². The van der Waals surface area contributed by atoms with E-state index in [0.717, 1.165) is 13.0 Å². The molecule has 0 bridgehead atoms. The lowest BCUT2D eigenvalue weighted by Crippen LogP contribution is -2.61. The average molecular weight is 701 g/mol. The van der Waals surface area contributed by atoms with E-state index < -0.39 is 121 Å². The summed E-state index contributed by atoms with van der Waals surface area (Å²) < 4.78 is 31.8. The number of carbonyl (C=O) groups is 2. The lowest BCUT2D eigenvalue weighted by Gasteiger charge is -2.41. The fourth-order valence-corrected chi connectivity index (χ4v) is 5.03. The molecule has 0 saturated carbocycles. The Kier molecular flexibility index (Phi) is 11.8. The van der Waals surface area contributed by atoms with Crippen molar-refractivity contribution in [3.05, 3.63) is 35.4 Å². The van der Waals surface area contributed by atoms with Crippen LogP contribution in [0.3, 0.4) is 0 Å². The Balaban J connectivity index is 1.69. The van der Waals surface area contributed by atoms with Crippen molar-refractivity contribution in [2.24, 2.45) is 0 Å². The Hall–Kier alpha value is -4.44. The van der Waals surface area contributed by atoms with E-state index in [1.54, 1.807) is 0 Å². The molecule has 11 N–H and O–H groups in total. The second-order valence-electron chi connectivity index (χ2n) is 10.9. The van der Waals surface area contributed by atoms with Gasteiger partial charge in [-0.3, -0.25) is 4.79 Å². The van der Waals surface area contributed by atoms with E-state index >= 15 is 0 Å². The number of phenolic OH excluding ortho intramolecular Hbond substituents is 4. The first-order valence-corrected chi connectivity index (χ1v) is 14.5. The molecule has 0 spiro atoms. The van der Waals surface area contributed by atoms with E-state index in [4.69, 9.17) is 28.4 Å². The molecule has 49 heavy (non-hydrogen) atoms. The van der Waals surface area contributed by atoms with E-state index in [0.29, 0.717) is 5.56 Å². The zero-order chi connectivity index (χ0) is 36.3. The van der Waals surface area contributed by atoms with Crippen molar-refractivity contribution in [2.75, 3.05) is 20.3 Å². The SMILES string of the molecule is COc1cc(/C=C/C(=O)O[C@H]2[C@H](Oc3c(O)c(O[C@@H]4O[C@H](CO)[C@@H](O)[C@H](O)[C@H]4O)c(O)c(C(C)=O)c3O)O[C@H](CO)[C@@H](O)[C@@H]2O)ccc1O. The first-order valence-electron chi connectivity index (χ1n) is 14.5. The summed E-state index contributed by atoms with van der Waals surface area (Å²) in [4.78, 5) is 25.3. The molecular weight excluding hydrogens is 664 g/mol. The van der Waals surface area contributed by atoms with Crippen LogP contribution in [0.4, 0.5) is 0 Å². The number of hydrogen-bond acceptors (Lipinski definition) is 19. The monoisotopic (exact) mass is 700 g/mol. The lowest BCUT2D eigenvalue weighted by atomic mass is 9.99. The van der Waals surface area contributed by atoms with E-state index in [9.17, 15) is 65.8 Å². The minimum Gasteiger partial charge on any atom is -0.504 e. The Morgan fingerprint density at radius 3 is 1.88 bits per heavy atom. The maximum atomic E-state index is 12.8. The standard InChI is InChI=1S/C30H36O19/c1-10(33)17-20(38)26(48-29-24(42)22(40)18(36)14(8-31)45-29)25(43)27(21(17)39)49-30-28(23(41)19(37)15(9-32)46-30)47-16(35)6-4-11-3-5-12(34)13(7-11)44-2/h3-7,14-15,18-19,22-24,28-32,34,36-43H,8-9H2,1-2H3/b6-4+/t14-,15-,18-,19-,22+,23+,24-,28-,29+,30+/m1/s1. The smallest absolute Gasteiger partial charge is 0.331 e. The minimum atomic E-state index is -2.07. The number of rotatable bonds is 11. The Labute approximate surface area is 276 Å². The average Bonchev–Trinajstić information content (AvgIpc) is 3.07. The van der Waals surface area contributed by atoms with Crippen LogP contribution in [-0.4, -0.2) is 150 Å². The van der Waals surface area contributed by atoms with Crippen molar-refractivity contribution >= 4 is 17.8 Å². The van der Waals surface area contributed by atoms with Crippen LogP contribution in [0.15, 0.2) is 24.3 Å². The van der Waals surface area contributed by atoms with Crippen LogP contribution in [0, 0.1) is 0 Å². The van der Waals surface area contributed by atoms with Gasteiger partial charge in [-0.1, -0.05) is 6.07 Å². The molecule has 2 aromatic rings. The quantitative estimate of drug-likeness (QED) is 0.0647. The highest BCUT2D eigenvalue weighted by atomic mass is 16.7. The molecule has 4 rings (SSSR count). The number of carbonyl (C=O) groups excluding carboxylic acids is 2. The second-order valence-corrected chi connectivity index (χ2v) is 10.9. The van der Waals surface area contributed by atoms with Crippen LogP contribution >= 0.6 is 0 Å². The van der Waals surface area contributed by atoms with Crippen LogP contribution in [0.5, 0.6) is 40.2 Å². The molecular formula is C30H36O19. The molecule has 2 heterocycles. The Morgan fingerprint density at radius 2 is 1.33 bits per heavy atom. The second kappa shape index (κ2) is 15.4. The molecule has 2 aliphatic heterocycles. The normalized spacial score (nSPS) is 30.1. The summed E-state index contributed by atoms with van der Waals surface area (Å²) in [6, 6.07) is 4.10. The van der Waals surface area contributed by atoms with Gasteiger partial charge in [0.1, 0.15) is 48.3 Å². The maximum absolute atomic E-state index is 12.8. The Bertz CT molecular complexity index is 1540. The van der Waals surface area contributed by atoms with Crippen LogP contribution in [0.1, 0.15) is 22.8 Å². The van der Waals surface area contributed by atoms with E-state index in [1.165, 1.54) is 31.4 Å². The van der Waals surface area contributed by atoms with Crippen molar-refractivity contribution in [3.63, 3.8) is 0 Å². The van der Waals surface area contributed by atoms with Gasteiger partial charge in [0.05, 0.1) is 20.3 Å². The topological polar surface area (TPSA) is 312 Å². The molecule has 0 unspecified atom stereocenters. The van der Waals surface area contributed by atoms with E-state index in [1.807, 2.05) is 0 Å². The fourth-order valence-electron chi connectivity index (χ4n) is 5.03. The van der Waals surface area contributed by atoms with Crippen molar-refractivity contribution in [3.8, 4) is 40.2 Å². The summed E-state index contributed by atoms with van der Waals surface area (Å²) in [7, 11) is 1.31. The molecule has 0 amide bonds. The minimum absolute atomic E-state index is 0.0894. The van der Waals surface area contributed by atoms with Gasteiger partial charge in [0.25, 0.3) is 0 Å². The van der Waals surface area contributed by atoms with Crippen molar-refractivity contribution < 1.29 is 94.2 Å². The first-order chi connectivity index (χ1) is 23.1. The predicted molar refractivity (Wildman–Crippen MR) is 158 cm³/mol. The molecule has 2 fully saturated rings. The third-order valence-corrected chi connectivity index (χ3v) is 7.69. The van der Waals surface area contributed by atoms with Gasteiger partial charge in [0, 0.05) is 6.08 Å². The zero-order valence-electron chi connectivity index (χ0n) is 25.8. The summed E-state index contributed by atoms with van der Waals surface area (Å²) in [5.41, 5.74) is -0.564.